The Bertz CT molecular complexity index is 279. The first-order chi connectivity index (χ1) is 7.76. The second kappa shape index (κ2) is 7.42. The highest BCUT2D eigenvalue weighted by molar-refractivity contribution is 5.22. The van der Waals surface area contributed by atoms with Crippen molar-refractivity contribution in [1.82, 2.24) is 0 Å². The molecule has 1 aromatic rings. The molecule has 1 aromatic carbocycles. The Morgan fingerprint density at radius 1 is 1.12 bits per heavy atom. The predicted molar refractivity (Wildman–Crippen MR) is 66.5 cm³/mol. The summed E-state index contributed by atoms with van der Waals surface area (Å²) in [4.78, 5) is 0. The van der Waals surface area contributed by atoms with Gasteiger partial charge in [0.25, 0.3) is 0 Å². The standard InChI is InChI=1S/C14H22O2/c1-4-13-5-7-14(8-6-13)9-12(2)10-16-11-15-3/h5-8,12H,4,9-11H2,1-3H3. The first kappa shape index (κ1) is 13.2. The predicted octanol–water partition coefficient (Wildman–Crippen LogP) is 3.05. The Morgan fingerprint density at radius 2 is 1.75 bits per heavy atom. The molecule has 0 fully saturated rings. The fourth-order valence-electron chi connectivity index (χ4n) is 1.70. The van der Waals surface area contributed by atoms with Crippen molar-refractivity contribution in [2.45, 2.75) is 26.7 Å². The van der Waals surface area contributed by atoms with Crippen LogP contribution >= 0.6 is 0 Å². The van der Waals surface area contributed by atoms with Crippen molar-refractivity contribution < 1.29 is 9.47 Å². The van der Waals surface area contributed by atoms with Gasteiger partial charge in [-0.3, -0.25) is 0 Å². The third-order valence-corrected chi connectivity index (χ3v) is 2.62. The molecule has 0 aliphatic heterocycles. The van der Waals surface area contributed by atoms with E-state index in [2.05, 4.69) is 38.1 Å². The Hall–Kier alpha value is -0.860. The number of aryl methyl sites for hydroxylation is 1. The minimum Gasteiger partial charge on any atom is -0.359 e. The van der Waals surface area contributed by atoms with E-state index in [0.717, 1.165) is 19.4 Å². The molecule has 0 bridgehead atoms. The van der Waals surface area contributed by atoms with E-state index in [1.807, 2.05) is 0 Å². The third kappa shape index (κ3) is 4.77. The second-order valence-corrected chi connectivity index (χ2v) is 4.26. The molecule has 2 heteroatoms. The lowest BCUT2D eigenvalue weighted by molar-refractivity contribution is -0.0414. The lowest BCUT2D eigenvalue weighted by Crippen LogP contribution is -2.10. The van der Waals surface area contributed by atoms with E-state index in [1.165, 1.54) is 11.1 Å². The van der Waals surface area contributed by atoms with Crippen molar-refractivity contribution in [3.8, 4) is 0 Å². The normalized spacial score (nSPS) is 12.7. The molecule has 0 spiro atoms. The molecule has 1 atom stereocenters. The van der Waals surface area contributed by atoms with Crippen molar-refractivity contribution >= 4 is 0 Å². The minimum atomic E-state index is 0.388. The monoisotopic (exact) mass is 222 g/mol. The van der Waals surface area contributed by atoms with Crippen LogP contribution < -0.4 is 0 Å². The molecule has 0 saturated carbocycles. The average molecular weight is 222 g/mol. The molecule has 0 heterocycles. The Balaban J connectivity index is 2.34. The highest BCUT2D eigenvalue weighted by Crippen LogP contribution is 2.11. The van der Waals surface area contributed by atoms with E-state index in [-0.39, 0.29) is 0 Å². The van der Waals surface area contributed by atoms with Gasteiger partial charge in [0.15, 0.2) is 0 Å². The zero-order valence-electron chi connectivity index (χ0n) is 10.5. The maximum atomic E-state index is 5.34. The van der Waals surface area contributed by atoms with E-state index in [4.69, 9.17) is 9.47 Å². The van der Waals surface area contributed by atoms with E-state index in [9.17, 15) is 0 Å². The number of methoxy groups -OCH3 is 1. The topological polar surface area (TPSA) is 18.5 Å². The molecule has 1 rings (SSSR count). The fraction of sp³-hybridized carbons (Fsp3) is 0.571. The van der Waals surface area contributed by atoms with Crippen LogP contribution in [0.3, 0.4) is 0 Å². The van der Waals surface area contributed by atoms with E-state index in [0.29, 0.717) is 12.7 Å². The van der Waals surface area contributed by atoms with Crippen LogP contribution in [0.15, 0.2) is 24.3 Å². The maximum absolute atomic E-state index is 5.34. The first-order valence-corrected chi connectivity index (χ1v) is 5.90. The van der Waals surface area contributed by atoms with Crippen LogP contribution in [0.2, 0.25) is 0 Å². The van der Waals surface area contributed by atoms with Crippen molar-refractivity contribution in [3.05, 3.63) is 35.4 Å². The summed E-state index contributed by atoms with van der Waals surface area (Å²) in [5.74, 6) is 0.530. The molecule has 2 nitrogen and oxygen atoms in total. The van der Waals surface area contributed by atoms with Gasteiger partial charge in [0.05, 0.1) is 6.61 Å². The number of hydrogen-bond donors (Lipinski definition) is 0. The second-order valence-electron chi connectivity index (χ2n) is 4.26. The van der Waals surface area contributed by atoms with Gasteiger partial charge in [0, 0.05) is 7.11 Å². The van der Waals surface area contributed by atoms with Crippen molar-refractivity contribution in [2.75, 3.05) is 20.5 Å². The Labute approximate surface area is 98.6 Å². The largest absolute Gasteiger partial charge is 0.359 e. The molecule has 90 valence electrons. The molecule has 0 aliphatic carbocycles. The number of rotatable bonds is 7. The Kier molecular flexibility index (Phi) is 6.12. The fourth-order valence-corrected chi connectivity index (χ4v) is 1.70. The molecule has 1 unspecified atom stereocenters. The van der Waals surface area contributed by atoms with E-state index < -0.39 is 0 Å². The van der Waals surface area contributed by atoms with Crippen molar-refractivity contribution in [3.63, 3.8) is 0 Å². The molecule has 0 amide bonds. The van der Waals surface area contributed by atoms with E-state index in [1.54, 1.807) is 7.11 Å². The quantitative estimate of drug-likeness (QED) is 0.521. The number of hydrogen-bond acceptors (Lipinski definition) is 2. The third-order valence-electron chi connectivity index (χ3n) is 2.62. The van der Waals surface area contributed by atoms with Gasteiger partial charge in [-0.1, -0.05) is 38.1 Å². The average Bonchev–Trinajstić information content (AvgIpc) is 2.30. The molecular formula is C14H22O2. The van der Waals surface area contributed by atoms with Crippen LogP contribution in [0, 0.1) is 5.92 Å². The van der Waals surface area contributed by atoms with Crippen LogP contribution in [-0.4, -0.2) is 20.5 Å². The zero-order chi connectivity index (χ0) is 11.8. The molecule has 0 aliphatic rings. The van der Waals surface area contributed by atoms with Gasteiger partial charge in [-0.25, -0.2) is 0 Å². The molecule has 0 saturated heterocycles. The summed E-state index contributed by atoms with van der Waals surface area (Å²) in [6, 6.07) is 8.84. The minimum absolute atomic E-state index is 0.388. The maximum Gasteiger partial charge on any atom is 0.146 e. The van der Waals surface area contributed by atoms with Crippen LogP contribution in [0.25, 0.3) is 0 Å². The van der Waals surface area contributed by atoms with Gasteiger partial charge < -0.3 is 9.47 Å². The summed E-state index contributed by atoms with van der Waals surface area (Å²) in [5.41, 5.74) is 2.78. The first-order valence-electron chi connectivity index (χ1n) is 5.90. The van der Waals surface area contributed by atoms with Crippen LogP contribution in [0.1, 0.15) is 25.0 Å². The summed E-state index contributed by atoms with van der Waals surface area (Å²) in [5, 5.41) is 0. The lowest BCUT2D eigenvalue weighted by Gasteiger charge is -2.11. The molecule has 0 radical (unpaired) electrons. The smallest absolute Gasteiger partial charge is 0.146 e. The lowest BCUT2D eigenvalue weighted by atomic mass is 10.0. The van der Waals surface area contributed by atoms with Crippen LogP contribution in [0.4, 0.5) is 0 Å². The van der Waals surface area contributed by atoms with Gasteiger partial charge in [-0.15, -0.1) is 0 Å². The van der Waals surface area contributed by atoms with Gasteiger partial charge in [0.1, 0.15) is 6.79 Å². The highest BCUT2D eigenvalue weighted by Gasteiger charge is 2.03. The van der Waals surface area contributed by atoms with Gasteiger partial charge in [-0.2, -0.15) is 0 Å². The van der Waals surface area contributed by atoms with Gasteiger partial charge in [0.2, 0.25) is 0 Å². The molecule has 0 aromatic heterocycles. The summed E-state index contributed by atoms with van der Waals surface area (Å²) >= 11 is 0. The van der Waals surface area contributed by atoms with Gasteiger partial charge in [-0.05, 0) is 29.9 Å². The summed E-state index contributed by atoms with van der Waals surface area (Å²) in [7, 11) is 1.65. The van der Waals surface area contributed by atoms with E-state index >= 15 is 0 Å². The van der Waals surface area contributed by atoms with Crippen molar-refractivity contribution in [1.29, 1.82) is 0 Å². The zero-order valence-corrected chi connectivity index (χ0v) is 10.5. The summed E-state index contributed by atoms with van der Waals surface area (Å²) < 4.78 is 10.2. The van der Waals surface area contributed by atoms with Crippen LogP contribution in [0.5, 0.6) is 0 Å². The summed E-state index contributed by atoms with van der Waals surface area (Å²) in [6.45, 7) is 5.52. The number of ether oxygens (including phenoxy) is 2. The molecular weight excluding hydrogens is 200 g/mol. The summed E-state index contributed by atoms with van der Waals surface area (Å²) in [6.07, 6.45) is 2.17. The molecule has 0 N–H and O–H groups in total. The Morgan fingerprint density at radius 3 is 2.31 bits per heavy atom. The van der Waals surface area contributed by atoms with Crippen LogP contribution in [-0.2, 0) is 22.3 Å². The SMILES string of the molecule is CCc1ccc(CC(C)COCOC)cc1. The van der Waals surface area contributed by atoms with Crippen molar-refractivity contribution in [2.24, 2.45) is 5.92 Å². The molecule has 16 heavy (non-hydrogen) atoms. The highest BCUT2D eigenvalue weighted by atomic mass is 16.7. The van der Waals surface area contributed by atoms with Gasteiger partial charge >= 0.3 is 0 Å². The number of benzene rings is 1.